The van der Waals surface area contributed by atoms with Gasteiger partial charge in [0.25, 0.3) is 0 Å². The fourth-order valence-electron chi connectivity index (χ4n) is 1.43. The van der Waals surface area contributed by atoms with Gasteiger partial charge in [-0.3, -0.25) is 0 Å². The second-order valence-corrected chi connectivity index (χ2v) is 3.70. The van der Waals surface area contributed by atoms with E-state index in [0.29, 0.717) is 0 Å². The molecule has 1 rings (SSSR count). The SMILES string of the molecule is NC1=C(N)N([N+]([O-])(O)O)N([N+]([O-])(O)O)N([N+]([O-])(O)O)C1N. The van der Waals surface area contributed by atoms with Crippen LogP contribution in [0, 0.1) is 15.6 Å². The molecule has 1 unspecified atom stereocenters. The molecule has 21 heavy (non-hydrogen) atoms. The summed E-state index contributed by atoms with van der Waals surface area (Å²) in [4.78, 5) is 0. The van der Waals surface area contributed by atoms with E-state index in [1.165, 1.54) is 0 Å². The van der Waals surface area contributed by atoms with Gasteiger partial charge in [0, 0.05) is 15.3 Å². The number of quaternary nitrogens is 3. The molecular formula is C3H13N9O9. The van der Waals surface area contributed by atoms with Crippen LogP contribution in [-0.4, -0.2) is 68.1 Å². The van der Waals surface area contributed by atoms with E-state index in [0.717, 1.165) is 0 Å². The Morgan fingerprint density at radius 1 is 0.857 bits per heavy atom. The van der Waals surface area contributed by atoms with Gasteiger partial charge in [0.15, 0.2) is 11.4 Å². The number of hydrogen-bond donors (Lipinski definition) is 9. The number of nitrogens with two attached hydrogens (primary N) is 3. The Labute approximate surface area is 114 Å². The Kier molecular flexibility index (Phi) is 4.00. The van der Waals surface area contributed by atoms with Gasteiger partial charge in [-0.1, -0.05) is 0 Å². The summed E-state index contributed by atoms with van der Waals surface area (Å²) in [6.45, 7) is 0. The third kappa shape index (κ3) is 3.09. The first kappa shape index (κ1) is 17.6. The van der Waals surface area contributed by atoms with Crippen LogP contribution in [0.25, 0.3) is 0 Å². The van der Waals surface area contributed by atoms with Crippen molar-refractivity contribution >= 4 is 0 Å². The van der Waals surface area contributed by atoms with Crippen LogP contribution < -0.4 is 17.2 Å². The fourth-order valence-corrected chi connectivity index (χ4v) is 1.43. The molecular weight excluding hydrogens is 306 g/mol. The molecule has 0 aromatic rings. The van der Waals surface area contributed by atoms with Gasteiger partial charge in [-0.25, -0.2) is 0 Å². The maximum Gasteiger partial charge on any atom is 0.205 e. The molecule has 0 saturated carbocycles. The first-order chi connectivity index (χ1) is 9.10. The van der Waals surface area contributed by atoms with Gasteiger partial charge < -0.3 is 32.8 Å². The lowest BCUT2D eigenvalue weighted by atomic mass is 10.3. The quantitative estimate of drug-likeness (QED) is 0.177. The molecule has 124 valence electrons. The van der Waals surface area contributed by atoms with Crippen molar-refractivity contribution in [1.82, 2.24) is 15.5 Å². The van der Waals surface area contributed by atoms with Gasteiger partial charge >= 0.3 is 0 Å². The zero-order chi connectivity index (χ0) is 17.0. The first-order valence-electron chi connectivity index (χ1n) is 4.68. The van der Waals surface area contributed by atoms with Gasteiger partial charge in [-0.15, -0.1) is 0 Å². The molecule has 0 aliphatic carbocycles. The second kappa shape index (κ2) is 4.78. The zero-order valence-electron chi connectivity index (χ0n) is 9.90. The predicted molar refractivity (Wildman–Crippen MR) is 50.5 cm³/mol. The van der Waals surface area contributed by atoms with Gasteiger partial charge in [0.1, 0.15) is 0 Å². The van der Waals surface area contributed by atoms with E-state index < -0.39 is 48.4 Å². The molecule has 1 atom stereocenters. The summed E-state index contributed by atoms with van der Waals surface area (Å²) < 4.78 is 0. The van der Waals surface area contributed by atoms with E-state index in [4.69, 9.17) is 48.4 Å². The van der Waals surface area contributed by atoms with Crippen LogP contribution in [0.2, 0.25) is 0 Å². The molecule has 12 N–H and O–H groups in total. The molecule has 0 radical (unpaired) electrons. The lowest BCUT2D eigenvalue weighted by Gasteiger charge is -2.51. The van der Waals surface area contributed by atoms with Crippen molar-refractivity contribution in [3.05, 3.63) is 27.1 Å². The van der Waals surface area contributed by atoms with E-state index >= 15 is 0 Å². The monoisotopic (exact) mass is 319 g/mol. The van der Waals surface area contributed by atoms with Gasteiger partial charge in [-0.2, -0.15) is 31.2 Å². The highest BCUT2D eigenvalue weighted by Gasteiger charge is 2.60. The summed E-state index contributed by atoms with van der Waals surface area (Å²) in [6.07, 6.45) is -2.19. The molecule has 1 heterocycles. The molecule has 0 aromatic carbocycles. The lowest BCUT2D eigenvalue weighted by molar-refractivity contribution is -1.42. The van der Waals surface area contributed by atoms with Crippen molar-refractivity contribution < 1.29 is 46.5 Å². The third-order valence-corrected chi connectivity index (χ3v) is 2.18. The molecule has 0 fully saturated rings. The summed E-state index contributed by atoms with van der Waals surface area (Å²) in [5.74, 6) is -1.21. The van der Waals surface area contributed by atoms with Gasteiger partial charge in [0.2, 0.25) is 5.82 Å². The number of nitrogens with zero attached hydrogens (tertiary/aromatic N) is 6. The molecule has 0 amide bonds. The molecule has 1 aliphatic rings. The van der Waals surface area contributed by atoms with Crippen molar-refractivity contribution in [3.63, 3.8) is 0 Å². The number of hydrazine groups is 2. The Morgan fingerprint density at radius 2 is 1.29 bits per heavy atom. The molecule has 0 bridgehead atoms. The van der Waals surface area contributed by atoms with Crippen LogP contribution in [0.15, 0.2) is 11.5 Å². The summed E-state index contributed by atoms with van der Waals surface area (Å²) in [5, 5.41) is 72.9. The van der Waals surface area contributed by atoms with Gasteiger partial charge in [-0.05, 0) is 0 Å². The third-order valence-electron chi connectivity index (χ3n) is 2.18. The minimum Gasteiger partial charge on any atom is -0.542 e. The van der Waals surface area contributed by atoms with Crippen LogP contribution in [0.5, 0.6) is 0 Å². The largest absolute Gasteiger partial charge is 0.542 e. The Morgan fingerprint density at radius 3 is 1.57 bits per heavy atom. The standard InChI is InChI=1S/C3H13N9O9/c4-1-2(5)7(10(13,14)15)9(12(19,20)21)8(3(1)6)11(16,17)18/h2,13-14,16-17,19-20H,4-6H2. The highest BCUT2D eigenvalue weighted by molar-refractivity contribution is 5.11. The number of hydrogen-bond acceptors (Lipinski definition) is 15. The average Bonchev–Trinajstić information content (AvgIpc) is 2.19. The Hall–Kier alpha value is -1.46. The summed E-state index contributed by atoms with van der Waals surface area (Å²) in [7, 11) is 0. The van der Waals surface area contributed by atoms with Crippen molar-refractivity contribution in [1.29, 1.82) is 0 Å². The summed E-state index contributed by atoms with van der Waals surface area (Å²) >= 11 is 0. The summed E-state index contributed by atoms with van der Waals surface area (Å²) in [6, 6.07) is 0. The molecule has 18 heteroatoms. The van der Waals surface area contributed by atoms with E-state index in [2.05, 4.69) is 0 Å². The maximum atomic E-state index is 11.1. The first-order valence-corrected chi connectivity index (χ1v) is 4.68. The molecule has 0 spiro atoms. The minimum atomic E-state index is -3.80. The molecule has 0 saturated heterocycles. The van der Waals surface area contributed by atoms with Crippen molar-refractivity contribution in [2.75, 3.05) is 0 Å². The van der Waals surface area contributed by atoms with Crippen molar-refractivity contribution in [2.45, 2.75) is 6.17 Å². The smallest absolute Gasteiger partial charge is 0.205 e. The van der Waals surface area contributed by atoms with E-state index in [-0.39, 0.29) is 0 Å². The second-order valence-electron chi connectivity index (χ2n) is 3.70. The Balaban J connectivity index is 3.61. The average molecular weight is 319 g/mol. The predicted octanol–water partition coefficient (Wildman–Crippen LogP) is -3.87. The minimum absolute atomic E-state index is 0.768. The van der Waals surface area contributed by atoms with Crippen molar-refractivity contribution in [2.24, 2.45) is 17.2 Å². The van der Waals surface area contributed by atoms with Crippen molar-refractivity contribution in [3.8, 4) is 0 Å². The van der Waals surface area contributed by atoms with Crippen LogP contribution in [0.4, 0.5) is 0 Å². The fraction of sp³-hybridized carbons (Fsp3) is 0.333. The maximum absolute atomic E-state index is 11.1. The number of rotatable bonds is 3. The van der Waals surface area contributed by atoms with Crippen LogP contribution in [0.1, 0.15) is 0 Å². The zero-order valence-corrected chi connectivity index (χ0v) is 9.90. The highest BCUT2D eigenvalue weighted by Crippen LogP contribution is 2.30. The topological polar surface area (TPSA) is 278 Å². The highest BCUT2D eigenvalue weighted by atomic mass is 17.2. The van der Waals surface area contributed by atoms with Crippen LogP contribution >= 0.6 is 0 Å². The lowest BCUT2D eigenvalue weighted by Crippen LogP contribution is -2.82. The van der Waals surface area contributed by atoms with E-state index in [1.54, 1.807) is 0 Å². The normalized spacial score (nSPS) is 23.9. The molecule has 18 nitrogen and oxygen atoms in total. The van der Waals surface area contributed by atoms with E-state index in [1.807, 2.05) is 0 Å². The van der Waals surface area contributed by atoms with Crippen LogP contribution in [-0.2, 0) is 0 Å². The molecule has 0 aromatic heterocycles. The van der Waals surface area contributed by atoms with E-state index in [9.17, 15) is 15.6 Å². The Bertz CT molecular complexity index is 433. The molecule has 1 aliphatic heterocycles. The summed E-state index contributed by atoms with van der Waals surface area (Å²) in [5.41, 5.74) is 14.6. The van der Waals surface area contributed by atoms with Gasteiger partial charge in [0.05, 0.1) is 15.9 Å². The van der Waals surface area contributed by atoms with Crippen LogP contribution in [0.3, 0.4) is 0 Å².